The molecule has 1 aromatic rings. The Morgan fingerprint density at radius 1 is 1.41 bits per heavy atom. The molecule has 4 aliphatic rings. The molecular weight excluding hydrogens is 284 g/mol. The number of hydrogen-bond acceptors (Lipinski definition) is 5. The Labute approximate surface area is 128 Å². The van der Waals surface area contributed by atoms with Crippen LogP contribution in [0.2, 0.25) is 0 Å². The van der Waals surface area contributed by atoms with Crippen molar-refractivity contribution in [2.45, 2.75) is 44.0 Å². The van der Waals surface area contributed by atoms with Gasteiger partial charge in [-0.25, -0.2) is 4.79 Å². The van der Waals surface area contributed by atoms with Crippen molar-refractivity contribution >= 4 is 5.97 Å². The number of carbonyl (C=O) groups excluding carboxylic acids is 1. The molecule has 0 radical (unpaired) electrons. The average Bonchev–Trinajstić information content (AvgIpc) is 3.03. The fourth-order valence-corrected chi connectivity index (χ4v) is 4.50. The molecule has 4 fully saturated rings. The van der Waals surface area contributed by atoms with Gasteiger partial charge in [-0.3, -0.25) is 5.10 Å². The van der Waals surface area contributed by atoms with Gasteiger partial charge in [-0.1, -0.05) is 0 Å². The van der Waals surface area contributed by atoms with Crippen molar-refractivity contribution in [1.29, 1.82) is 0 Å². The van der Waals surface area contributed by atoms with Gasteiger partial charge in [0.1, 0.15) is 5.56 Å². The first-order chi connectivity index (χ1) is 10.8. The minimum Gasteiger partial charge on any atom is -0.462 e. The number of fused-ring (bicyclic) bond motifs is 5. The summed E-state index contributed by atoms with van der Waals surface area (Å²) in [4.78, 5) is 12.4. The summed E-state index contributed by atoms with van der Waals surface area (Å²) in [5.74, 6) is 1.61. The monoisotopic (exact) mass is 304 g/mol. The van der Waals surface area contributed by atoms with Crippen molar-refractivity contribution in [3.8, 4) is 0 Å². The van der Waals surface area contributed by atoms with Crippen molar-refractivity contribution in [3.05, 3.63) is 17.5 Å². The molecule has 1 unspecified atom stereocenters. The second-order valence-corrected chi connectivity index (χ2v) is 7.00. The third kappa shape index (κ3) is 1.93. The van der Waals surface area contributed by atoms with Gasteiger partial charge in [0.2, 0.25) is 0 Å². The van der Waals surface area contributed by atoms with Crippen LogP contribution in [0.5, 0.6) is 0 Å². The molecule has 6 heteroatoms. The summed E-state index contributed by atoms with van der Waals surface area (Å²) in [5, 5.41) is 6.89. The molecule has 118 valence electrons. The molecule has 4 heterocycles. The topological polar surface area (TPSA) is 73.4 Å². The van der Waals surface area contributed by atoms with E-state index in [1.165, 1.54) is 6.42 Å². The molecule has 5 rings (SSSR count). The molecule has 6 nitrogen and oxygen atoms in total. The van der Waals surface area contributed by atoms with E-state index in [2.05, 4.69) is 10.2 Å². The maximum atomic E-state index is 12.4. The number of ether oxygens (including phenoxy) is 3. The molecular formula is C16H20N2O4. The summed E-state index contributed by atoms with van der Waals surface area (Å²) in [6.07, 6.45) is 6.54. The van der Waals surface area contributed by atoms with E-state index in [4.69, 9.17) is 14.2 Å². The lowest BCUT2D eigenvalue weighted by molar-refractivity contribution is 0.0265. The van der Waals surface area contributed by atoms with Crippen LogP contribution in [0.1, 0.15) is 47.8 Å². The Balaban J connectivity index is 1.23. The van der Waals surface area contributed by atoms with Crippen LogP contribution >= 0.6 is 0 Å². The van der Waals surface area contributed by atoms with E-state index in [0.29, 0.717) is 30.3 Å². The number of H-pyrrole nitrogens is 1. The molecule has 1 saturated carbocycles. The summed E-state index contributed by atoms with van der Waals surface area (Å²) in [5.41, 5.74) is 1.27. The summed E-state index contributed by atoms with van der Waals surface area (Å²) in [7, 11) is 0. The number of aromatic amines is 1. The van der Waals surface area contributed by atoms with Crippen molar-refractivity contribution in [2.24, 2.45) is 17.8 Å². The number of nitrogens with one attached hydrogen (secondary N) is 1. The number of rotatable bonds is 4. The largest absolute Gasteiger partial charge is 0.462 e. The van der Waals surface area contributed by atoms with E-state index in [0.717, 1.165) is 43.4 Å². The van der Waals surface area contributed by atoms with Crippen LogP contribution in [-0.2, 0) is 14.2 Å². The Kier molecular flexibility index (Phi) is 2.85. The Morgan fingerprint density at radius 3 is 3.14 bits per heavy atom. The van der Waals surface area contributed by atoms with E-state index < -0.39 is 0 Å². The smallest absolute Gasteiger partial charge is 0.341 e. The predicted octanol–water partition coefficient (Wildman–Crippen LogP) is 1.84. The average molecular weight is 304 g/mol. The first kappa shape index (κ1) is 13.1. The van der Waals surface area contributed by atoms with Gasteiger partial charge in [-0.05, 0) is 37.5 Å². The van der Waals surface area contributed by atoms with Gasteiger partial charge < -0.3 is 14.2 Å². The maximum absolute atomic E-state index is 12.4. The fraction of sp³-hybridized carbons (Fsp3) is 0.750. The highest BCUT2D eigenvalue weighted by molar-refractivity contribution is 5.90. The van der Waals surface area contributed by atoms with Gasteiger partial charge in [0.15, 0.2) is 0 Å². The minimum absolute atomic E-state index is 0.0527. The van der Waals surface area contributed by atoms with Crippen LogP contribution < -0.4 is 0 Å². The molecule has 6 atom stereocenters. The molecule has 1 N–H and O–H groups in total. The molecule has 0 spiro atoms. The Bertz CT molecular complexity index is 595. The molecule has 3 aliphatic heterocycles. The zero-order valence-electron chi connectivity index (χ0n) is 12.4. The zero-order valence-corrected chi connectivity index (χ0v) is 12.4. The lowest BCUT2D eigenvalue weighted by Gasteiger charge is -2.18. The highest BCUT2D eigenvalue weighted by Gasteiger charge is 2.62. The van der Waals surface area contributed by atoms with Gasteiger partial charge in [-0.2, -0.15) is 5.10 Å². The lowest BCUT2D eigenvalue weighted by atomic mass is 9.90. The van der Waals surface area contributed by atoms with Crippen LogP contribution in [0.25, 0.3) is 0 Å². The molecule has 0 amide bonds. The van der Waals surface area contributed by atoms with E-state index >= 15 is 0 Å². The molecule has 0 aromatic carbocycles. The lowest BCUT2D eigenvalue weighted by Crippen LogP contribution is -2.25. The second kappa shape index (κ2) is 4.80. The van der Waals surface area contributed by atoms with Crippen LogP contribution in [0.4, 0.5) is 0 Å². The summed E-state index contributed by atoms with van der Waals surface area (Å²) in [6, 6.07) is 0. The van der Waals surface area contributed by atoms with Crippen molar-refractivity contribution in [3.63, 3.8) is 0 Å². The van der Waals surface area contributed by atoms with Gasteiger partial charge in [0.25, 0.3) is 0 Å². The first-order valence-electron chi connectivity index (χ1n) is 8.28. The minimum atomic E-state index is -0.297. The van der Waals surface area contributed by atoms with Gasteiger partial charge in [-0.15, -0.1) is 0 Å². The molecule has 22 heavy (non-hydrogen) atoms. The number of aromatic nitrogens is 2. The Morgan fingerprint density at radius 2 is 2.36 bits per heavy atom. The number of carbonyl (C=O) groups is 1. The molecule has 2 bridgehead atoms. The van der Waals surface area contributed by atoms with Crippen molar-refractivity contribution < 1.29 is 19.0 Å². The fourth-order valence-electron chi connectivity index (χ4n) is 4.50. The summed E-state index contributed by atoms with van der Waals surface area (Å²) in [6.45, 7) is 1.20. The number of esters is 1. The highest BCUT2D eigenvalue weighted by atomic mass is 16.5. The van der Waals surface area contributed by atoms with Crippen molar-refractivity contribution in [1.82, 2.24) is 10.2 Å². The third-order valence-corrected chi connectivity index (χ3v) is 5.69. The first-order valence-corrected chi connectivity index (χ1v) is 8.28. The van der Waals surface area contributed by atoms with Gasteiger partial charge in [0, 0.05) is 12.5 Å². The Hall–Kier alpha value is -1.40. The van der Waals surface area contributed by atoms with Gasteiger partial charge in [0.05, 0.1) is 36.8 Å². The van der Waals surface area contributed by atoms with E-state index in [1.807, 2.05) is 0 Å². The maximum Gasteiger partial charge on any atom is 0.341 e. The van der Waals surface area contributed by atoms with Crippen molar-refractivity contribution in [2.75, 3.05) is 13.2 Å². The number of nitrogens with zero attached hydrogens (tertiary/aromatic N) is 1. The standard InChI is InChI=1S/C16H20N2O4/c19-16(11-6-17-18-14(11)12-2-1-3-20-12)21-7-8-4-13-9-5-10(9)15(8)22-13/h6,8-10,12-13,15H,1-5,7H2,(H,17,18)/t8-,9+,10-,12?,13-,15+/m0/s1. The van der Waals surface area contributed by atoms with E-state index in [9.17, 15) is 4.79 Å². The van der Waals surface area contributed by atoms with Crippen LogP contribution in [0.3, 0.4) is 0 Å². The van der Waals surface area contributed by atoms with Crippen LogP contribution in [0.15, 0.2) is 6.20 Å². The third-order valence-electron chi connectivity index (χ3n) is 5.69. The zero-order chi connectivity index (χ0) is 14.7. The van der Waals surface area contributed by atoms with Gasteiger partial charge >= 0.3 is 5.97 Å². The normalized spacial score (nSPS) is 41.6. The number of hydrogen-bond donors (Lipinski definition) is 1. The molecule has 1 aliphatic carbocycles. The summed E-state index contributed by atoms with van der Waals surface area (Å²) < 4.78 is 17.1. The SMILES string of the molecule is O=C(OC[C@@H]1C[C@@H]2O[C@H]1[C@H]1C[C@H]12)c1cn[nH]c1C1CCCO1. The highest BCUT2D eigenvalue weighted by Crippen LogP contribution is 2.60. The predicted molar refractivity (Wildman–Crippen MR) is 75.2 cm³/mol. The quantitative estimate of drug-likeness (QED) is 0.859. The molecule has 3 saturated heterocycles. The van der Waals surface area contributed by atoms with Crippen LogP contribution in [0, 0.1) is 17.8 Å². The second-order valence-electron chi connectivity index (χ2n) is 7.00. The van der Waals surface area contributed by atoms with E-state index in [-0.39, 0.29) is 12.1 Å². The summed E-state index contributed by atoms with van der Waals surface area (Å²) >= 11 is 0. The molecule has 1 aromatic heterocycles. The van der Waals surface area contributed by atoms with E-state index in [1.54, 1.807) is 6.20 Å². The van der Waals surface area contributed by atoms with Crippen LogP contribution in [-0.4, -0.2) is 41.6 Å².